The minimum atomic E-state index is -0.0592. The summed E-state index contributed by atoms with van der Waals surface area (Å²) in [7, 11) is 0. The molecule has 0 aliphatic carbocycles. The highest BCUT2D eigenvalue weighted by Crippen LogP contribution is 2.25. The number of nitrogens with zero attached hydrogens (tertiary/aromatic N) is 5. The highest BCUT2D eigenvalue weighted by molar-refractivity contribution is 6.30. The van der Waals surface area contributed by atoms with Crippen LogP contribution < -0.4 is 4.90 Å². The first-order valence-electron chi connectivity index (χ1n) is 9.42. The smallest absolute Gasteiger partial charge is 0.276 e. The molecule has 27 heavy (non-hydrogen) atoms. The van der Waals surface area contributed by atoms with Gasteiger partial charge in [0.25, 0.3) is 5.91 Å². The van der Waals surface area contributed by atoms with Crippen molar-refractivity contribution in [2.24, 2.45) is 0 Å². The fourth-order valence-corrected chi connectivity index (χ4v) is 3.88. The average molecular weight is 390 g/mol. The summed E-state index contributed by atoms with van der Waals surface area (Å²) in [6.07, 6.45) is 4.03. The number of aromatic nitrogens is 3. The fraction of sp³-hybridized carbons (Fsp3) is 0.526. The van der Waals surface area contributed by atoms with Gasteiger partial charge in [-0.2, -0.15) is 0 Å². The number of benzene rings is 1. The molecule has 1 atom stereocenters. The average Bonchev–Trinajstić information content (AvgIpc) is 3.36. The van der Waals surface area contributed by atoms with Crippen LogP contribution in [0.3, 0.4) is 0 Å². The third-order valence-corrected chi connectivity index (χ3v) is 5.49. The number of ether oxygens (including phenoxy) is 1. The molecule has 1 aromatic heterocycles. The largest absolute Gasteiger partial charge is 0.376 e. The van der Waals surface area contributed by atoms with Crippen molar-refractivity contribution in [2.75, 3.05) is 37.7 Å². The lowest BCUT2D eigenvalue weighted by Crippen LogP contribution is -2.49. The molecule has 7 nitrogen and oxygen atoms in total. The van der Waals surface area contributed by atoms with Gasteiger partial charge in [0.2, 0.25) is 0 Å². The molecule has 0 N–H and O–H groups in total. The lowest BCUT2D eigenvalue weighted by molar-refractivity contribution is 0.0740. The number of hydrogen-bond acceptors (Lipinski definition) is 5. The van der Waals surface area contributed by atoms with Gasteiger partial charge in [0, 0.05) is 43.5 Å². The molecule has 144 valence electrons. The molecule has 2 aromatic rings. The normalized spacial score (nSPS) is 20.3. The number of piperazine rings is 1. The SMILES string of the molecule is Cc1ccc(Cl)cc1N1CCN(C(=O)c2cn(C[C@H]3CCCO3)nn2)CC1. The van der Waals surface area contributed by atoms with Gasteiger partial charge in [0.15, 0.2) is 5.69 Å². The molecule has 4 rings (SSSR count). The summed E-state index contributed by atoms with van der Waals surface area (Å²) in [5.41, 5.74) is 2.73. The molecule has 3 heterocycles. The van der Waals surface area contributed by atoms with Crippen molar-refractivity contribution in [1.82, 2.24) is 19.9 Å². The van der Waals surface area contributed by atoms with E-state index in [-0.39, 0.29) is 12.0 Å². The quantitative estimate of drug-likeness (QED) is 0.803. The number of rotatable bonds is 4. The van der Waals surface area contributed by atoms with Crippen molar-refractivity contribution in [2.45, 2.75) is 32.4 Å². The van der Waals surface area contributed by atoms with Crippen LogP contribution in [0.4, 0.5) is 5.69 Å². The van der Waals surface area contributed by atoms with Crippen molar-refractivity contribution in [3.8, 4) is 0 Å². The van der Waals surface area contributed by atoms with E-state index < -0.39 is 0 Å². The first kappa shape index (κ1) is 18.3. The number of halogens is 1. The van der Waals surface area contributed by atoms with Gasteiger partial charge in [0.1, 0.15) is 0 Å². The monoisotopic (exact) mass is 389 g/mol. The number of aryl methyl sites for hydroxylation is 1. The molecule has 0 saturated carbocycles. The minimum Gasteiger partial charge on any atom is -0.376 e. The minimum absolute atomic E-state index is 0.0592. The highest BCUT2D eigenvalue weighted by Gasteiger charge is 2.25. The summed E-state index contributed by atoms with van der Waals surface area (Å²) in [5.74, 6) is -0.0592. The molecule has 1 amide bonds. The van der Waals surface area contributed by atoms with E-state index in [4.69, 9.17) is 16.3 Å². The first-order valence-corrected chi connectivity index (χ1v) is 9.80. The lowest BCUT2D eigenvalue weighted by atomic mass is 10.1. The van der Waals surface area contributed by atoms with E-state index in [2.05, 4.69) is 22.1 Å². The second kappa shape index (κ2) is 7.86. The zero-order valence-corrected chi connectivity index (χ0v) is 16.2. The number of amides is 1. The molecule has 0 unspecified atom stereocenters. The maximum absolute atomic E-state index is 12.8. The first-order chi connectivity index (χ1) is 13.1. The Morgan fingerprint density at radius 3 is 2.85 bits per heavy atom. The summed E-state index contributed by atoms with van der Waals surface area (Å²) in [6.45, 7) is 6.40. The Balaban J connectivity index is 1.36. The van der Waals surface area contributed by atoms with E-state index in [1.807, 2.05) is 23.1 Å². The standard InChI is InChI=1S/C19H24ClN5O2/c1-14-4-5-15(20)11-18(14)23-6-8-24(9-7-23)19(26)17-13-25(22-21-17)12-16-3-2-10-27-16/h4-5,11,13,16H,2-3,6-10,12H2,1H3/t16-/m1/s1. The van der Waals surface area contributed by atoms with Crippen molar-refractivity contribution >= 4 is 23.2 Å². The second-order valence-electron chi connectivity index (χ2n) is 7.17. The predicted molar refractivity (Wildman–Crippen MR) is 103 cm³/mol. The highest BCUT2D eigenvalue weighted by atomic mass is 35.5. The lowest BCUT2D eigenvalue weighted by Gasteiger charge is -2.36. The Labute approximate surface area is 163 Å². The van der Waals surface area contributed by atoms with Crippen LogP contribution in [-0.2, 0) is 11.3 Å². The van der Waals surface area contributed by atoms with Gasteiger partial charge in [-0.15, -0.1) is 5.10 Å². The molecular formula is C19H24ClN5O2. The van der Waals surface area contributed by atoms with Crippen LogP contribution in [0.25, 0.3) is 0 Å². The Hall–Kier alpha value is -2.12. The molecule has 2 fully saturated rings. The maximum atomic E-state index is 12.8. The Bertz CT molecular complexity index is 810. The summed E-state index contributed by atoms with van der Waals surface area (Å²) in [5, 5.41) is 8.90. The molecule has 8 heteroatoms. The van der Waals surface area contributed by atoms with Gasteiger partial charge in [0.05, 0.1) is 18.8 Å². The van der Waals surface area contributed by atoms with Crippen LogP contribution in [0.5, 0.6) is 0 Å². The molecule has 0 radical (unpaired) electrons. The Morgan fingerprint density at radius 1 is 1.30 bits per heavy atom. The molecule has 2 aliphatic heterocycles. The summed E-state index contributed by atoms with van der Waals surface area (Å²) in [6, 6.07) is 5.92. The molecule has 2 aliphatic rings. The maximum Gasteiger partial charge on any atom is 0.276 e. The van der Waals surface area contributed by atoms with Gasteiger partial charge in [-0.25, -0.2) is 4.68 Å². The number of carbonyl (C=O) groups is 1. The topological polar surface area (TPSA) is 63.5 Å². The molecule has 1 aromatic carbocycles. The second-order valence-corrected chi connectivity index (χ2v) is 7.61. The van der Waals surface area contributed by atoms with Crippen molar-refractivity contribution in [3.63, 3.8) is 0 Å². The number of anilines is 1. The summed E-state index contributed by atoms with van der Waals surface area (Å²) < 4.78 is 7.33. The predicted octanol–water partition coefficient (Wildman–Crippen LogP) is 2.38. The van der Waals surface area contributed by atoms with Gasteiger partial charge < -0.3 is 14.5 Å². The summed E-state index contributed by atoms with van der Waals surface area (Å²) >= 11 is 6.14. The van der Waals surface area contributed by atoms with Crippen molar-refractivity contribution < 1.29 is 9.53 Å². The van der Waals surface area contributed by atoms with E-state index in [0.29, 0.717) is 25.3 Å². The van der Waals surface area contributed by atoms with Crippen LogP contribution in [0.2, 0.25) is 5.02 Å². The van der Waals surface area contributed by atoms with Gasteiger partial charge in [-0.3, -0.25) is 4.79 Å². The summed E-state index contributed by atoms with van der Waals surface area (Å²) in [4.78, 5) is 16.9. The van der Waals surface area contributed by atoms with Gasteiger partial charge in [-0.05, 0) is 37.5 Å². The van der Waals surface area contributed by atoms with E-state index in [9.17, 15) is 4.79 Å². The molecule has 0 spiro atoms. The third kappa shape index (κ3) is 4.09. The van der Waals surface area contributed by atoms with E-state index in [1.54, 1.807) is 10.9 Å². The van der Waals surface area contributed by atoms with E-state index in [1.165, 1.54) is 5.56 Å². The van der Waals surface area contributed by atoms with E-state index >= 15 is 0 Å². The zero-order valence-electron chi connectivity index (χ0n) is 15.5. The van der Waals surface area contributed by atoms with Crippen LogP contribution in [0.1, 0.15) is 28.9 Å². The van der Waals surface area contributed by atoms with Crippen LogP contribution in [0, 0.1) is 6.92 Å². The van der Waals surface area contributed by atoms with Crippen LogP contribution in [-0.4, -0.2) is 64.7 Å². The van der Waals surface area contributed by atoms with Crippen LogP contribution in [0.15, 0.2) is 24.4 Å². The van der Waals surface area contributed by atoms with Crippen LogP contribution >= 0.6 is 11.6 Å². The van der Waals surface area contributed by atoms with Gasteiger partial charge >= 0.3 is 0 Å². The Morgan fingerprint density at radius 2 is 2.11 bits per heavy atom. The zero-order chi connectivity index (χ0) is 18.8. The van der Waals surface area contributed by atoms with Crippen molar-refractivity contribution in [1.29, 1.82) is 0 Å². The molecule has 2 saturated heterocycles. The third-order valence-electron chi connectivity index (χ3n) is 5.25. The number of carbonyl (C=O) groups excluding carboxylic acids is 1. The molecule has 0 bridgehead atoms. The number of hydrogen-bond donors (Lipinski definition) is 0. The molecular weight excluding hydrogens is 366 g/mol. The Kier molecular flexibility index (Phi) is 5.31. The van der Waals surface area contributed by atoms with Gasteiger partial charge in [-0.1, -0.05) is 22.9 Å². The fourth-order valence-electron chi connectivity index (χ4n) is 3.72. The van der Waals surface area contributed by atoms with E-state index in [0.717, 1.165) is 43.2 Å². The van der Waals surface area contributed by atoms with Crippen molar-refractivity contribution in [3.05, 3.63) is 40.7 Å².